The number of aliphatic hydroxyl groups excluding tert-OH is 1. The number of hydrogen-bond acceptors (Lipinski definition) is 3. The molecule has 1 aliphatic heterocycles. The Hall–Kier alpha value is -1.31. The fourth-order valence-electron chi connectivity index (χ4n) is 3.19. The SMILES string of the molecule is O=C(O)[C@@H]1CC(O)CN1C(=O)C1CCC(C(F)(F)F)CC1. The monoisotopic (exact) mass is 309 g/mol. The Morgan fingerprint density at radius 2 is 1.67 bits per heavy atom. The fraction of sp³-hybridized carbons (Fsp3) is 0.846. The van der Waals surface area contributed by atoms with Crippen LogP contribution in [0, 0.1) is 11.8 Å². The second kappa shape index (κ2) is 5.82. The van der Waals surface area contributed by atoms with Gasteiger partial charge in [0, 0.05) is 18.9 Å². The van der Waals surface area contributed by atoms with Gasteiger partial charge in [-0.15, -0.1) is 0 Å². The highest BCUT2D eigenvalue weighted by Crippen LogP contribution is 2.40. The van der Waals surface area contributed by atoms with Crippen molar-refractivity contribution in [2.24, 2.45) is 11.8 Å². The Bertz CT molecular complexity index is 418. The molecule has 2 rings (SSSR count). The Kier molecular flexibility index (Phi) is 4.46. The topological polar surface area (TPSA) is 77.8 Å². The van der Waals surface area contributed by atoms with Crippen LogP contribution in [-0.4, -0.2) is 51.9 Å². The molecule has 1 aliphatic carbocycles. The quantitative estimate of drug-likeness (QED) is 0.808. The zero-order valence-electron chi connectivity index (χ0n) is 11.3. The fourth-order valence-corrected chi connectivity index (χ4v) is 3.19. The van der Waals surface area contributed by atoms with E-state index < -0.39 is 42.0 Å². The summed E-state index contributed by atoms with van der Waals surface area (Å²) >= 11 is 0. The van der Waals surface area contributed by atoms with Crippen LogP contribution in [0.2, 0.25) is 0 Å². The van der Waals surface area contributed by atoms with Crippen molar-refractivity contribution in [3.63, 3.8) is 0 Å². The number of aliphatic hydroxyl groups is 1. The van der Waals surface area contributed by atoms with Crippen molar-refractivity contribution in [2.45, 2.75) is 50.4 Å². The van der Waals surface area contributed by atoms with E-state index in [1.807, 2.05) is 0 Å². The first-order valence-electron chi connectivity index (χ1n) is 6.98. The van der Waals surface area contributed by atoms with Crippen molar-refractivity contribution in [3.05, 3.63) is 0 Å². The van der Waals surface area contributed by atoms with Gasteiger partial charge in [0.2, 0.25) is 5.91 Å². The average molecular weight is 309 g/mol. The highest BCUT2D eigenvalue weighted by atomic mass is 19.4. The number of carbonyl (C=O) groups excluding carboxylic acids is 1. The summed E-state index contributed by atoms with van der Waals surface area (Å²) < 4.78 is 37.8. The molecule has 0 radical (unpaired) electrons. The van der Waals surface area contributed by atoms with Crippen molar-refractivity contribution in [1.82, 2.24) is 4.90 Å². The second-order valence-electron chi connectivity index (χ2n) is 5.82. The summed E-state index contributed by atoms with van der Waals surface area (Å²) in [5.41, 5.74) is 0. The molecule has 1 amide bonds. The highest BCUT2D eigenvalue weighted by Gasteiger charge is 2.45. The largest absolute Gasteiger partial charge is 0.480 e. The van der Waals surface area contributed by atoms with Crippen LogP contribution in [0.5, 0.6) is 0 Å². The van der Waals surface area contributed by atoms with Crippen LogP contribution in [0.3, 0.4) is 0 Å². The minimum Gasteiger partial charge on any atom is -0.480 e. The molecule has 2 N–H and O–H groups in total. The van der Waals surface area contributed by atoms with Gasteiger partial charge in [-0.05, 0) is 25.7 Å². The van der Waals surface area contributed by atoms with Gasteiger partial charge in [-0.1, -0.05) is 0 Å². The number of carbonyl (C=O) groups is 2. The number of likely N-dealkylation sites (tertiary alicyclic amines) is 1. The first-order valence-corrected chi connectivity index (χ1v) is 6.98. The van der Waals surface area contributed by atoms with E-state index in [0.29, 0.717) is 0 Å². The van der Waals surface area contributed by atoms with Gasteiger partial charge in [0.25, 0.3) is 0 Å². The van der Waals surface area contributed by atoms with E-state index in [0.717, 1.165) is 4.90 Å². The van der Waals surface area contributed by atoms with Crippen LogP contribution in [-0.2, 0) is 9.59 Å². The van der Waals surface area contributed by atoms with Gasteiger partial charge in [0.1, 0.15) is 6.04 Å². The third-order valence-electron chi connectivity index (χ3n) is 4.39. The van der Waals surface area contributed by atoms with Gasteiger partial charge in [-0.25, -0.2) is 4.79 Å². The van der Waals surface area contributed by atoms with Gasteiger partial charge in [-0.3, -0.25) is 4.79 Å². The number of halogens is 3. The summed E-state index contributed by atoms with van der Waals surface area (Å²) in [6, 6.07) is -1.08. The summed E-state index contributed by atoms with van der Waals surface area (Å²) in [7, 11) is 0. The number of hydrogen-bond donors (Lipinski definition) is 2. The van der Waals surface area contributed by atoms with Gasteiger partial charge in [0.15, 0.2) is 0 Å². The Morgan fingerprint density at radius 1 is 1.10 bits per heavy atom. The molecule has 1 saturated carbocycles. The standard InChI is InChI=1S/C13H18F3NO4/c14-13(15,16)8-3-1-7(2-4-8)11(19)17-6-9(18)5-10(17)12(20)21/h7-10,18H,1-6H2,(H,20,21)/t7?,8?,9?,10-/m0/s1. The number of β-amino-alcohol motifs (C(OH)–C–C–N with tert-alkyl or cyclic N) is 1. The summed E-state index contributed by atoms with van der Waals surface area (Å²) in [4.78, 5) is 24.5. The molecule has 0 bridgehead atoms. The van der Waals surface area contributed by atoms with Crippen molar-refractivity contribution < 1.29 is 33.0 Å². The first-order chi connectivity index (χ1) is 9.70. The minimum atomic E-state index is -4.23. The van der Waals surface area contributed by atoms with E-state index in [1.165, 1.54) is 0 Å². The van der Waals surface area contributed by atoms with E-state index in [9.17, 15) is 27.9 Å². The van der Waals surface area contributed by atoms with E-state index in [2.05, 4.69) is 0 Å². The maximum absolute atomic E-state index is 12.6. The molecule has 120 valence electrons. The molecular formula is C13H18F3NO4. The molecule has 1 unspecified atom stereocenters. The normalized spacial score (nSPS) is 34.0. The summed E-state index contributed by atoms with van der Waals surface area (Å²) in [6.45, 7) is -0.0605. The lowest BCUT2D eigenvalue weighted by molar-refractivity contribution is -0.185. The summed E-state index contributed by atoms with van der Waals surface area (Å²) in [5, 5.41) is 18.6. The van der Waals surface area contributed by atoms with Gasteiger partial charge in [-0.2, -0.15) is 13.2 Å². The molecule has 0 aromatic carbocycles. The molecule has 1 heterocycles. The second-order valence-corrected chi connectivity index (χ2v) is 5.82. The Balaban J connectivity index is 1.97. The molecule has 1 saturated heterocycles. The average Bonchev–Trinajstić information content (AvgIpc) is 2.79. The molecule has 0 aromatic rings. The van der Waals surface area contributed by atoms with Crippen molar-refractivity contribution >= 4 is 11.9 Å². The number of nitrogens with zero attached hydrogens (tertiary/aromatic N) is 1. The van der Waals surface area contributed by atoms with Crippen LogP contribution in [0.15, 0.2) is 0 Å². The van der Waals surface area contributed by atoms with E-state index >= 15 is 0 Å². The molecule has 21 heavy (non-hydrogen) atoms. The van der Waals surface area contributed by atoms with Gasteiger partial charge in [0.05, 0.1) is 12.0 Å². The highest BCUT2D eigenvalue weighted by molar-refractivity contribution is 5.85. The van der Waals surface area contributed by atoms with Crippen LogP contribution >= 0.6 is 0 Å². The van der Waals surface area contributed by atoms with Crippen LogP contribution in [0.1, 0.15) is 32.1 Å². The minimum absolute atomic E-state index is 0.0288. The van der Waals surface area contributed by atoms with Gasteiger partial charge < -0.3 is 15.1 Å². The third kappa shape index (κ3) is 3.48. The molecule has 0 spiro atoms. The Labute approximate surface area is 119 Å². The number of carboxylic acid groups (broad SMARTS) is 1. The maximum atomic E-state index is 12.6. The van der Waals surface area contributed by atoms with Crippen molar-refractivity contribution in [2.75, 3.05) is 6.54 Å². The van der Waals surface area contributed by atoms with Gasteiger partial charge >= 0.3 is 12.1 Å². The molecule has 0 aromatic heterocycles. The molecule has 2 fully saturated rings. The predicted molar refractivity (Wildman–Crippen MR) is 65.3 cm³/mol. The molecule has 5 nitrogen and oxygen atoms in total. The molecule has 2 aliphatic rings. The molecular weight excluding hydrogens is 291 g/mol. The summed E-state index contributed by atoms with van der Waals surface area (Å²) in [5.74, 6) is -3.58. The lowest BCUT2D eigenvalue weighted by Crippen LogP contribution is -2.45. The van der Waals surface area contributed by atoms with E-state index in [-0.39, 0.29) is 38.6 Å². The van der Waals surface area contributed by atoms with Crippen LogP contribution < -0.4 is 0 Å². The first kappa shape index (κ1) is 16.1. The summed E-state index contributed by atoms with van der Waals surface area (Å²) in [6.07, 6.45) is -5.13. The number of aliphatic carboxylic acids is 1. The smallest absolute Gasteiger partial charge is 0.391 e. The Morgan fingerprint density at radius 3 is 2.14 bits per heavy atom. The predicted octanol–water partition coefficient (Wildman–Crippen LogP) is 1.40. The lowest BCUT2D eigenvalue weighted by Gasteiger charge is -2.32. The number of amides is 1. The lowest BCUT2D eigenvalue weighted by atomic mass is 9.81. The zero-order valence-corrected chi connectivity index (χ0v) is 11.3. The molecule has 8 heteroatoms. The molecule has 2 atom stereocenters. The van der Waals surface area contributed by atoms with Crippen LogP contribution in [0.4, 0.5) is 13.2 Å². The number of carboxylic acids is 1. The van der Waals surface area contributed by atoms with Crippen molar-refractivity contribution in [3.8, 4) is 0 Å². The third-order valence-corrected chi connectivity index (χ3v) is 4.39. The zero-order chi connectivity index (χ0) is 15.8. The number of alkyl halides is 3. The van der Waals surface area contributed by atoms with E-state index in [1.54, 1.807) is 0 Å². The number of rotatable bonds is 2. The maximum Gasteiger partial charge on any atom is 0.391 e. The van der Waals surface area contributed by atoms with Crippen molar-refractivity contribution in [1.29, 1.82) is 0 Å². The van der Waals surface area contributed by atoms with E-state index in [4.69, 9.17) is 5.11 Å². The van der Waals surface area contributed by atoms with Crippen LogP contribution in [0.25, 0.3) is 0 Å².